The van der Waals surface area contributed by atoms with Crippen molar-refractivity contribution in [2.45, 2.75) is 37.1 Å². The Balaban J connectivity index is 2.03. The molecule has 2 rings (SSSR count). The number of likely N-dealkylation sites (tertiary alicyclic amines) is 1. The van der Waals surface area contributed by atoms with Crippen LogP contribution in [0.3, 0.4) is 0 Å². The molecule has 0 aromatic rings. The first-order valence-electron chi connectivity index (χ1n) is 6.77. The van der Waals surface area contributed by atoms with Gasteiger partial charge in [0.1, 0.15) is 5.54 Å². The lowest BCUT2D eigenvalue weighted by Gasteiger charge is -2.42. The fourth-order valence-electron chi connectivity index (χ4n) is 3.38. The highest BCUT2D eigenvalue weighted by Gasteiger charge is 2.51. The summed E-state index contributed by atoms with van der Waals surface area (Å²) < 4.78 is 31.0. The average molecular weight is 276 g/mol. The summed E-state index contributed by atoms with van der Waals surface area (Å²) in [5.74, 6) is -2.58. The number of carbonyl (C=O) groups is 1. The zero-order chi connectivity index (χ0) is 14.1. The van der Waals surface area contributed by atoms with Crippen molar-refractivity contribution in [3.63, 3.8) is 0 Å². The van der Waals surface area contributed by atoms with Gasteiger partial charge in [0.05, 0.1) is 6.61 Å². The van der Waals surface area contributed by atoms with Crippen molar-refractivity contribution in [3.8, 4) is 0 Å². The molecule has 0 aromatic carbocycles. The van der Waals surface area contributed by atoms with Crippen molar-refractivity contribution >= 4 is 5.91 Å². The number of likely N-dealkylation sites (N-methyl/N-ethyl adjacent to an activating group) is 1. The van der Waals surface area contributed by atoms with Crippen LogP contribution in [0.5, 0.6) is 0 Å². The molecule has 1 atom stereocenters. The molecule has 1 unspecified atom stereocenters. The fourth-order valence-corrected chi connectivity index (χ4v) is 3.38. The number of halogens is 2. The molecule has 4 nitrogen and oxygen atoms in total. The van der Waals surface area contributed by atoms with Gasteiger partial charge in [0.2, 0.25) is 11.8 Å². The third-order valence-electron chi connectivity index (χ3n) is 4.31. The highest BCUT2D eigenvalue weighted by molar-refractivity contribution is 5.86. The maximum Gasteiger partial charge on any atom is 0.248 e. The molecule has 1 heterocycles. The summed E-state index contributed by atoms with van der Waals surface area (Å²) in [6.45, 7) is 1.65. The number of carbonyl (C=O) groups excluding carboxylic acids is 1. The van der Waals surface area contributed by atoms with E-state index in [-0.39, 0.29) is 24.7 Å². The van der Waals surface area contributed by atoms with Crippen LogP contribution in [0.25, 0.3) is 0 Å². The van der Waals surface area contributed by atoms with Gasteiger partial charge < -0.3 is 10.1 Å². The monoisotopic (exact) mass is 276 g/mol. The molecule has 0 bridgehead atoms. The van der Waals surface area contributed by atoms with Crippen LogP contribution in [0, 0.1) is 5.92 Å². The molecule has 110 valence electrons. The minimum Gasteiger partial charge on any atom is -0.382 e. The summed E-state index contributed by atoms with van der Waals surface area (Å²) in [5.41, 5.74) is -0.672. The van der Waals surface area contributed by atoms with Gasteiger partial charge in [0.15, 0.2) is 0 Å². The molecule has 0 aromatic heterocycles. The summed E-state index contributed by atoms with van der Waals surface area (Å²) in [5, 5.41) is 2.68. The zero-order valence-corrected chi connectivity index (χ0v) is 11.5. The van der Waals surface area contributed by atoms with Crippen LogP contribution >= 0.6 is 0 Å². The van der Waals surface area contributed by atoms with Crippen molar-refractivity contribution in [2.75, 3.05) is 33.9 Å². The van der Waals surface area contributed by atoms with Gasteiger partial charge in [-0.15, -0.1) is 0 Å². The summed E-state index contributed by atoms with van der Waals surface area (Å²) in [6.07, 6.45) is 1.52. The summed E-state index contributed by atoms with van der Waals surface area (Å²) in [6, 6.07) is 0. The number of amides is 1. The quantitative estimate of drug-likeness (QED) is 0.822. The molecule has 1 saturated carbocycles. The largest absolute Gasteiger partial charge is 0.382 e. The molecule has 1 saturated heterocycles. The van der Waals surface area contributed by atoms with Crippen molar-refractivity contribution in [1.29, 1.82) is 0 Å². The molecular weight excluding hydrogens is 254 g/mol. The second kappa shape index (κ2) is 5.32. The average Bonchev–Trinajstić information content (AvgIpc) is 2.71. The lowest BCUT2D eigenvalue weighted by molar-refractivity contribution is -0.141. The van der Waals surface area contributed by atoms with Gasteiger partial charge in [0, 0.05) is 33.5 Å². The zero-order valence-electron chi connectivity index (χ0n) is 11.5. The van der Waals surface area contributed by atoms with E-state index in [0.29, 0.717) is 13.2 Å². The number of hydrogen-bond acceptors (Lipinski definition) is 3. The highest BCUT2D eigenvalue weighted by Crippen LogP contribution is 2.44. The number of ether oxygens (including phenoxy) is 1. The molecule has 2 aliphatic rings. The van der Waals surface area contributed by atoms with E-state index >= 15 is 0 Å². The summed E-state index contributed by atoms with van der Waals surface area (Å²) in [7, 11) is 3.17. The van der Waals surface area contributed by atoms with E-state index < -0.39 is 11.5 Å². The number of hydrogen-bond donors (Lipinski definition) is 1. The Morgan fingerprint density at radius 3 is 2.68 bits per heavy atom. The molecule has 1 aliphatic heterocycles. The molecule has 1 amide bonds. The number of rotatable bonds is 5. The van der Waals surface area contributed by atoms with Gasteiger partial charge in [0.25, 0.3) is 0 Å². The number of nitrogens with one attached hydrogen (secondary N) is 1. The van der Waals surface area contributed by atoms with Crippen molar-refractivity contribution in [1.82, 2.24) is 10.2 Å². The van der Waals surface area contributed by atoms with Crippen LogP contribution in [0.4, 0.5) is 8.78 Å². The first-order chi connectivity index (χ1) is 8.93. The van der Waals surface area contributed by atoms with E-state index in [1.54, 1.807) is 14.2 Å². The number of nitrogens with zero attached hydrogens (tertiary/aromatic N) is 1. The van der Waals surface area contributed by atoms with E-state index in [9.17, 15) is 13.6 Å². The third-order valence-corrected chi connectivity index (χ3v) is 4.31. The third kappa shape index (κ3) is 2.74. The summed E-state index contributed by atoms with van der Waals surface area (Å²) in [4.78, 5) is 14.2. The number of methoxy groups -OCH3 is 1. The standard InChI is InChI=1S/C13H22F2N2O2/c1-16-11(18)12(9-19-2)4-3-5-17(12)8-10-6-13(14,15)7-10/h10H,3-9H2,1-2H3,(H,16,18). The first-order valence-corrected chi connectivity index (χ1v) is 6.77. The van der Waals surface area contributed by atoms with E-state index in [1.807, 2.05) is 4.90 Å². The number of alkyl halides is 2. The Hall–Kier alpha value is -0.750. The Morgan fingerprint density at radius 2 is 2.16 bits per heavy atom. The van der Waals surface area contributed by atoms with Crippen LogP contribution in [0.1, 0.15) is 25.7 Å². The molecule has 0 radical (unpaired) electrons. The lowest BCUT2D eigenvalue weighted by atomic mass is 9.80. The van der Waals surface area contributed by atoms with Crippen LogP contribution < -0.4 is 5.32 Å². The predicted molar refractivity (Wildman–Crippen MR) is 67.2 cm³/mol. The summed E-state index contributed by atoms with van der Waals surface area (Å²) >= 11 is 0. The van der Waals surface area contributed by atoms with Gasteiger partial charge in [-0.1, -0.05) is 0 Å². The molecule has 2 fully saturated rings. The fraction of sp³-hybridized carbons (Fsp3) is 0.923. The van der Waals surface area contributed by atoms with Gasteiger partial charge in [-0.3, -0.25) is 9.69 Å². The topological polar surface area (TPSA) is 41.6 Å². The van der Waals surface area contributed by atoms with Crippen molar-refractivity contribution in [3.05, 3.63) is 0 Å². The molecule has 6 heteroatoms. The second-order valence-corrected chi connectivity index (χ2v) is 5.72. The molecule has 1 N–H and O–H groups in total. The normalized spacial score (nSPS) is 31.2. The van der Waals surface area contributed by atoms with Crippen LogP contribution in [0.15, 0.2) is 0 Å². The van der Waals surface area contributed by atoms with Crippen molar-refractivity contribution < 1.29 is 18.3 Å². The van der Waals surface area contributed by atoms with Gasteiger partial charge in [-0.25, -0.2) is 8.78 Å². The van der Waals surface area contributed by atoms with Gasteiger partial charge >= 0.3 is 0 Å². The highest BCUT2D eigenvalue weighted by atomic mass is 19.3. The van der Waals surface area contributed by atoms with Crippen molar-refractivity contribution in [2.24, 2.45) is 5.92 Å². The smallest absolute Gasteiger partial charge is 0.248 e. The lowest BCUT2D eigenvalue weighted by Crippen LogP contribution is -2.59. The minimum atomic E-state index is -2.50. The molecule has 0 spiro atoms. The molecule has 19 heavy (non-hydrogen) atoms. The Kier molecular flexibility index (Phi) is 4.11. The van der Waals surface area contributed by atoms with Crippen LogP contribution in [0.2, 0.25) is 0 Å². The van der Waals surface area contributed by atoms with Gasteiger partial charge in [-0.2, -0.15) is 0 Å². The van der Waals surface area contributed by atoms with Gasteiger partial charge in [-0.05, 0) is 25.3 Å². The van der Waals surface area contributed by atoms with E-state index in [2.05, 4.69) is 5.32 Å². The predicted octanol–water partition coefficient (Wildman–Crippen LogP) is 1.26. The molecular formula is C13H22F2N2O2. The molecule has 1 aliphatic carbocycles. The SMILES string of the molecule is CNC(=O)C1(COC)CCCN1CC1CC(F)(F)C1. The first kappa shape index (κ1) is 14.7. The second-order valence-electron chi connectivity index (χ2n) is 5.72. The Morgan fingerprint density at radius 1 is 1.47 bits per heavy atom. The van der Waals surface area contributed by atoms with E-state index in [4.69, 9.17) is 4.74 Å². The Bertz CT molecular complexity index is 344. The Labute approximate surface area is 112 Å². The van der Waals surface area contributed by atoms with E-state index in [0.717, 1.165) is 19.4 Å². The minimum absolute atomic E-state index is 0.00557. The van der Waals surface area contributed by atoms with Crippen LogP contribution in [-0.2, 0) is 9.53 Å². The maximum atomic E-state index is 12.9. The van der Waals surface area contributed by atoms with E-state index in [1.165, 1.54) is 0 Å². The van der Waals surface area contributed by atoms with Crippen LogP contribution in [-0.4, -0.2) is 56.1 Å². The maximum absolute atomic E-state index is 12.9.